The molecule has 110 valence electrons. The minimum atomic E-state index is -0.444. The topological polar surface area (TPSA) is 55.1 Å². The monoisotopic (exact) mass is 284 g/mol. The molecule has 0 aromatic heterocycles. The predicted octanol–water partition coefficient (Wildman–Crippen LogP) is 2.54. The lowest BCUT2D eigenvalue weighted by Crippen LogP contribution is -2.59. The van der Waals surface area contributed by atoms with Gasteiger partial charge in [-0.15, -0.1) is 0 Å². The molecule has 0 radical (unpaired) electrons. The Morgan fingerprint density at radius 3 is 2.63 bits per heavy atom. The summed E-state index contributed by atoms with van der Waals surface area (Å²) in [5, 5.41) is 4.14. The van der Waals surface area contributed by atoms with Crippen molar-refractivity contribution in [2.24, 2.45) is 17.6 Å². The number of nitrogens with two attached hydrogens (primary N) is 1. The molecule has 0 aromatic rings. The number of carbonyl (C=O) groups is 1. The third-order valence-electron chi connectivity index (χ3n) is 4.64. The summed E-state index contributed by atoms with van der Waals surface area (Å²) < 4.78 is 0. The van der Waals surface area contributed by atoms with E-state index in [1.165, 1.54) is 25.7 Å². The molecule has 1 amide bonds. The Morgan fingerprint density at radius 1 is 1.37 bits per heavy atom. The van der Waals surface area contributed by atoms with Gasteiger partial charge in [0.2, 0.25) is 5.91 Å². The van der Waals surface area contributed by atoms with Crippen molar-refractivity contribution in [1.82, 2.24) is 5.32 Å². The largest absolute Gasteiger partial charge is 0.368 e. The molecule has 2 aliphatic carbocycles. The van der Waals surface area contributed by atoms with Crippen LogP contribution >= 0.6 is 11.8 Å². The first-order valence-electron chi connectivity index (χ1n) is 7.75. The minimum Gasteiger partial charge on any atom is -0.368 e. The maximum absolute atomic E-state index is 12.0. The Balaban J connectivity index is 1.94. The highest BCUT2D eigenvalue weighted by Crippen LogP contribution is 2.43. The van der Waals surface area contributed by atoms with Gasteiger partial charge < -0.3 is 11.1 Å². The van der Waals surface area contributed by atoms with Crippen molar-refractivity contribution in [3.8, 4) is 0 Å². The zero-order valence-electron chi connectivity index (χ0n) is 12.3. The minimum absolute atomic E-state index is 0.145. The van der Waals surface area contributed by atoms with Crippen LogP contribution in [-0.4, -0.2) is 29.0 Å². The molecule has 4 heteroatoms. The smallest absolute Gasteiger partial charge is 0.238 e. The Hall–Kier alpha value is -0.220. The third kappa shape index (κ3) is 3.66. The molecule has 0 aliphatic heterocycles. The van der Waals surface area contributed by atoms with Gasteiger partial charge in [0.05, 0.1) is 0 Å². The number of primary amides is 1. The number of carbonyl (C=O) groups excluding carboxylic acids is 1. The van der Waals surface area contributed by atoms with Gasteiger partial charge in [0.25, 0.3) is 0 Å². The van der Waals surface area contributed by atoms with Gasteiger partial charge in [0.1, 0.15) is 5.54 Å². The van der Waals surface area contributed by atoms with E-state index in [-0.39, 0.29) is 5.91 Å². The number of hydrogen-bond acceptors (Lipinski definition) is 3. The number of nitrogens with one attached hydrogen (secondary N) is 1. The molecule has 0 spiro atoms. The molecule has 2 fully saturated rings. The molecule has 2 saturated carbocycles. The van der Waals surface area contributed by atoms with Crippen LogP contribution in [0, 0.1) is 11.8 Å². The molecule has 3 unspecified atom stereocenters. The molecule has 2 rings (SSSR count). The van der Waals surface area contributed by atoms with E-state index in [1.807, 2.05) is 11.8 Å². The Morgan fingerprint density at radius 2 is 2.11 bits per heavy atom. The normalized spacial score (nSPS) is 30.8. The molecule has 2 aliphatic rings. The van der Waals surface area contributed by atoms with Gasteiger partial charge in [-0.1, -0.05) is 26.7 Å². The summed E-state index contributed by atoms with van der Waals surface area (Å²) in [6.45, 7) is 5.23. The Kier molecular flexibility index (Phi) is 5.18. The molecule has 0 saturated heterocycles. The molecule has 0 aromatic carbocycles. The van der Waals surface area contributed by atoms with Crippen LogP contribution in [0.1, 0.15) is 52.4 Å². The van der Waals surface area contributed by atoms with Crippen LogP contribution < -0.4 is 11.1 Å². The van der Waals surface area contributed by atoms with Gasteiger partial charge in [-0.05, 0) is 44.1 Å². The fraction of sp³-hybridized carbons (Fsp3) is 0.933. The SMILES string of the molecule is CCNC(CSC1CCCC(C)C1)(C(N)=O)C1CC1. The standard InChI is InChI=1S/C15H28N2OS/c1-3-17-15(14(16)18,12-7-8-12)10-19-13-6-4-5-11(2)9-13/h11-13,17H,3-10H2,1-2H3,(H2,16,18). The van der Waals surface area contributed by atoms with Crippen LogP contribution in [0.5, 0.6) is 0 Å². The average Bonchev–Trinajstić information content (AvgIpc) is 3.19. The number of hydrogen-bond donors (Lipinski definition) is 2. The van der Waals surface area contributed by atoms with E-state index in [0.717, 1.165) is 36.3 Å². The van der Waals surface area contributed by atoms with Crippen LogP contribution in [0.3, 0.4) is 0 Å². The number of rotatable bonds is 7. The van der Waals surface area contributed by atoms with E-state index in [4.69, 9.17) is 5.73 Å². The Labute approximate surface area is 121 Å². The van der Waals surface area contributed by atoms with Crippen molar-refractivity contribution in [1.29, 1.82) is 0 Å². The van der Waals surface area contributed by atoms with E-state index >= 15 is 0 Å². The zero-order valence-corrected chi connectivity index (χ0v) is 13.1. The number of thioether (sulfide) groups is 1. The van der Waals surface area contributed by atoms with Crippen molar-refractivity contribution in [2.45, 2.75) is 63.2 Å². The summed E-state index contributed by atoms with van der Waals surface area (Å²) in [4.78, 5) is 12.0. The fourth-order valence-corrected chi connectivity index (χ4v) is 5.12. The van der Waals surface area contributed by atoms with Crippen LogP contribution in [-0.2, 0) is 4.79 Å². The van der Waals surface area contributed by atoms with Gasteiger partial charge in [-0.2, -0.15) is 11.8 Å². The second-order valence-electron chi connectivity index (χ2n) is 6.34. The lowest BCUT2D eigenvalue weighted by atomic mass is 9.90. The highest BCUT2D eigenvalue weighted by Gasteiger charge is 2.49. The van der Waals surface area contributed by atoms with E-state index in [0.29, 0.717) is 5.92 Å². The van der Waals surface area contributed by atoms with Gasteiger partial charge in [0, 0.05) is 11.0 Å². The zero-order chi connectivity index (χ0) is 13.9. The van der Waals surface area contributed by atoms with Gasteiger partial charge >= 0.3 is 0 Å². The van der Waals surface area contributed by atoms with E-state index in [1.54, 1.807) is 0 Å². The predicted molar refractivity (Wildman–Crippen MR) is 82.2 cm³/mol. The lowest BCUT2D eigenvalue weighted by Gasteiger charge is -2.34. The van der Waals surface area contributed by atoms with Crippen molar-refractivity contribution >= 4 is 17.7 Å². The molecular weight excluding hydrogens is 256 g/mol. The lowest BCUT2D eigenvalue weighted by molar-refractivity contribution is -0.124. The second kappa shape index (κ2) is 6.49. The number of likely N-dealkylation sites (N-methyl/N-ethyl adjacent to an activating group) is 1. The summed E-state index contributed by atoms with van der Waals surface area (Å²) in [6, 6.07) is 0. The Bertz CT molecular complexity index is 319. The van der Waals surface area contributed by atoms with Gasteiger partial charge in [-0.25, -0.2) is 0 Å². The van der Waals surface area contributed by atoms with Crippen molar-refractivity contribution < 1.29 is 4.79 Å². The third-order valence-corrected chi connectivity index (χ3v) is 6.16. The quantitative estimate of drug-likeness (QED) is 0.755. The van der Waals surface area contributed by atoms with Crippen molar-refractivity contribution in [3.05, 3.63) is 0 Å². The average molecular weight is 284 g/mol. The molecule has 19 heavy (non-hydrogen) atoms. The maximum Gasteiger partial charge on any atom is 0.238 e. The van der Waals surface area contributed by atoms with Crippen LogP contribution in [0.4, 0.5) is 0 Å². The molecule has 3 N–H and O–H groups in total. The molecule has 3 atom stereocenters. The number of amides is 1. The summed E-state index contributed by atoms with van der Waals surface area (Å²) >= 11 is 1.98. The first kappa shape index (κ1) is 15.2. The first-order chi connectivity index (χ1) is 9.08. The summed E-state index contributed by atoms with van der Waals surface area (Å²) in [6.07, 6.45) is 7.62. The summed E-state index contributed by atoms with van der Waals surface area (Å²) in [5.41, 5.74) is 5.28. The van der Waals surface area contributed by atoms with Crippen LogP contribution in [0.25, 0.3) is 0 Å². The highest BCUT2D eigenvalue weighted by atomic mass is 32.2. The van der Waals surface area contributed by atoms with Gasteiger partial charge in [0.15, 0.2) is 0 Å². The molecule has 0 bridgehead atoms. The maximum atomic E-state index is 12.0. The molecular formula is C15H28N2OS. The van der Waals surface area contributed by atoms with E-state index in [2.05, 4.69) is 19.2 Å². The van der Waals surface area contributed by atoms with E-state index < -0.39 is 5.54 Å². The molecule has 3 nitrogen and oxygen atoms in total. The summed E-state index contributed by atoms with van der Waals surface area (Å²) in [5.74, 6) is 2.03. The van der Waals surface area contributed by atoms with E-state index in [9.17, 15) is 4.79 Å². The first-order valence-corrected chi connectivity index (χ1v) is 8.80. The second-order valence-corrected chi connectivity index (χ2v) is 7.63. The van der Waals surface area contributed by atoms with Crippen molar-refractivity contribution in [2.75, 3.05) is 12.3 Å². The highest BCUT2D eigenvalue weighted by molar-refractivity contribution is 8.00. The van der Waals surface area contributed by atoms with Crippen molar-refractivity contribution in [3.63, 3.8) is 0 Å². The van der Waals surface area contributed by atoms with Gasteiger partial charge in [-0.3, -0.25) is 4.79 Å². The molecule has 0 heterocycles. The summed E-state index contributed by atoms with van der Waals surface area (Å²) in [7, 11) is 0. The fourth-order valence-electron chi connectivity index (χ4n) is 3.34. The van der Waals surface area contributed by atoms with Crippen LogP contribution in [0.2, 0.25) is 0 Å². The van der Waals surface area contributed by atoms with Crippen LogP contribution in [0.15, 0.2) is 0 Å².